The Bertz CT molecular complexity index is 1340. The second-order valence-corrected chi connectivity index (χ2v) is 7.94. The van der Waals surface area contributed by atoms with Gasteiger partial charge in [0.1, 0.15) is 11.3 Å². The first-order valence-corrected chi connectivity index (χ1v) is 10.9. The molecular weight excluding hydrogens is 408 g/mol. The van der Waals surface area contributed by atoms with Gasteiger partial charge in [0.2, 0.25) is 0 Å². The number of carbonyl (C=O) groups excluding carboxylic acids is 1. The summed E-state index contributed by atoms with van der Waals surface area (Å²) in [6, 6.07) is 15.7. The Balaban J connectivity index is 2.20. The molecule has 0 saturated heterocycles. The van der Waals surface area contributed by atoms with Crippen LogP contribution in [0.25, 0.3) is 33.4 Å². The Morgan fingerprint density at radius 3 is 2.52 bits per heavy atom. The molecule has 0 bridgehead atoms. The number of halogens is 1. The van der Waals surface area contributed by atoms with E-state index in [1.54, 1.807) is 6.07 Å². The first kappa shape index (κ1) is 21.1. The predicted molar refractivity (Wildman–Crippen MR) is 128 cm³/mol. The molecule has 0 amide bonds. The minimum absolute atomic E-state index is 0.478. The van der Waals surface area contributed by atoms with Crippen LogP contribution in [0.5, 0.6) is 0 Å². The van der Waals surface area contributed by atoms with Crippen LogP contribution < -0.4 is 10.7 Å². The van der Waals surface area contributed by atoms with Gasteiger partial charge in [-0.1, -0.05) is 18.2 Å². The third kappa shape index (κ3) is 3.84. The highest BCUT2D eigenvalue weighted by Crippen LogP contribution is 2.43. The summed E-state index contributed by atoms with van der Waals surface area (Å²) in [7, 11) is 0. The summed E-state index contributed by atoms with van der Waals surface area (Å²) in [5, 5.41) is 4.76. The number of aryl methyl sites for hydroxylation is 2. The van der Waals surface area contributed by atoms with Gasteiger partial charge in [-0.05, 0) is 74.2 Å². The molecule has 2 aromatic carbocycles. The smallest absolute Gasteiger partial charge is 0.253 e. The van der Waals surface area contributed by atoms with Gasteiger partial charge in [-0.25, -0.2) is 0 Å². The minimum atomic E-state index is -0.479. The van der Waals surface area contributed by atoms with Crippen molar-refractivity contribution in [1.82, 2.24) is 0 Å². The van der Waals surface area contributed by atoms with E-state index in [0.29, 0.717) is 12.1 Å². The van der Waals surface area contributed by atoms with Gasteiger partial charge in [0.05, 0.1) is 5.36 Å². The quantitative estimate of drug-likeness (QED) is 0.287. The van der Waals surface area contributed by atoms with E-state index in [0.717, 1.165) is 62.1 Å². The van der Waals surface area contributed by atoms with Gasteiger partial charge < -0.3 is 9.73 Å². The largest absolute Gasteiger partial charge is 0.456 e. The molecule has 1 N–H and O–H groups in total. The molecule has 1 heterocycles. The zero-order valence-electron chi connectivity index (χ0n) is 18.2. The van der Waals surface area contributed by atoms with Gasteiger partial charge in [0, 0.05) is 53.0 Å². The molecule has 0 spiro atoms. The van der Waals surface area contributed by atoms with Gasteiger partial charge in [-0.15, -0.1) is 0 Å². The summed E-state index contributed by atoms with van der Waals surface area (Å²) in [4.78, 5) is 16.8. The van der Waals surface area contributed by atoms with Gasteiger partial charge in [0.15, 0.2) is 0 Å². The number of hydrogen-bond acceptors (Lipinski definition) is 4. The molecule has 0 fully saturated rings. The Kier molecular flexibility index (Phi) is 5.84. The molecule has 1 aliphatic heterocycles. The van der Waals surface area contributed by atoms with Crippen LogP contribution in [-0.4, -0.2) is 18.3 Å². The fraction of sp³-hybridized carbons (Fsp3) is 0.231. The highest BCUT2D eigenvalue weighted by molar-refractivity contribution is 6.68. The van der Waals surface area contributed by atoms with E-state index in [-0.39, 0.29) is 0 Å². The van der Waals surface area contributed by atoms with Crippen molar-refractivity contribution in [3.8, 4) is 22.5 Å². The third-order valence-electron chi connectivity index (χ3n) is 5.49. The van der Waals surface area contributed by atoms with Crippen molar-refractivity contribution in [2.24, 2.45) is 4.99 Å². The van der Waals surface area contributed by atoms with E-state index < -0.39 is 5.24 Å². The number of nitrogens with zero attached hydrogens (tertiary/aromatic N) is 1. The van der Waals surface area contributed by atoms with Crippen LogP contribution in [0.3, 0.4) is 0 Å². The van der Waals surface area contributed by atoms with Crippen molar-refractivity contribution in [1.29, 1.82) is 0 Å². The summed E-state index contributed by atoms with van der Waals surface area (Å²) >= 11 is 5.97. The molecule has 5 heteroatoms. The molecule has 0 aromatic heterocycles. The van der Waals surface area contributed by atoms with E-state index in [2.05, 4.69) is 36.3 Å². The molecule has 0 atom stereocenters. The third-order valence-corrected chi connectivity index (χ3v) is 5.69. The second kappa shape index (κ2) is 8.56. The maximum absolute atomic E-state index is 12.2. The lowest BCUT2D eigenvalue weighted by molar-refractivity contribution is 0.108. The number of anilines is 1. The molecule has 2 aromatic rings. The van der Waals surface area contributed by atoms with Gasteiger partial charge in [-0.2, -0.15) is 0 Å². The molecule has 0 saturated carbocycles. The molecule has 4 nitrogen and oxygen atoms in total. The van der Waals surface area contributed by atoms with E-state index in [9.17, 15) is 4.79 Å². The van der Waals surface area contributed by atoms with Crippen molar-refractivity contribution in [2.75, 3.05) is 18.4 Å². The van der Waals surface area contributed by atoms with E-state index in [1.807, 2.05) is 44.2 Å². The Morgan fingerprint density at radius 2 is 1.81 bits per heavy atom. The fourth-order valence-corrected chi connectivity index (χ4v) is 4.24. The standard InChI is InChI=1S/C26H25ClN2O2/c1-5-28-21-13-23-19(11-15(21)3)25(17-9-7-8-10-18(17)26(27)30)20-12-16(4)22(29-6-2)14-24(20)31-23/h7-14,28H,5-6H2,1-4H3. The number of carbonyl (C=O) groups is 1. The second-order valence-electron chi connectivity index (χ2n) is 7.60. The predicted octanol–water partition coefficient (Wildman–Crippen LogP) is 6.55. The number of nitrogens with one attached hydrogen (secondary N) is 1. The summed E-state index contributed by atoms with van der Waals surface area (Å²) in [5.41, 5.74) is 7.08. The van der Waals surface area contributed by atoms with Crippen LogP contribution in [0.1, 0.15) is 35.3 Å². The Labute approximate surface area is 186 Å². The summed E-state index contributed by atoms with van der Waals surface area (Å²) in [6.45, 7) is 9.70. The summed E-state index contributed by atoms with van der Waals surface area (Å²) < 4.78 is 6.37. The highest BCUT2D eigenvalue weighted by Gasteiger charge is 2.22. The van der Waals surface area contributed by atoms with Gasteiger partial charge in [0.25, 0.3) is 5.24 Å². The lowest BCUT2D eigenvalue weighted by atomic mass is 9.89. The number of hydrogen-bond donors (Lipinski definition) is 1. The summed E-state index contributed by atoms with van der Waals surface area (Å²) in [6.07, 6.45) is 0. The summed E-state index contributed by atoms with van der Waals surface area (Å²) in [5.74, 6) is 0.725. The van der Waals surface area contributed by atoms with E-state index in [1.165, 1.54) is 0 Å². The van der Waals surface area contributed by atoms with Crippen LogP contribution >= 0.6 is 11.6 Å². The van der Waals surface area contributed by atoms with E-state index >= 15 is 0 Å². The van der Waals surface area contributed by atoms with Crippen molar-refractivity contribution >= 4 is 33.5 Å². The van der Waals surface area contributed by atoms with Crippen LogP contribution in [0.2, 0.25) is 0 Å². The molecule has 4 rings (SSSR count). The van der Waals surface area contributed by atoms with Crippen molar-refractivity contribution in [2.45, 2.75) is 27.7 Å². The first-order chi connectivity index (χ1) is 14.9. The molecule has 0 unspecified atom stereocenters. The lowest BCUT2D eigenvalue weighted by Crippen LogP contribution is -2.09. The molecule has 31 heavy (non-hydrogen) atoms. The fourth-order valence-electron chi connectivity index (χ4n) is 4.07. The average molecular weight is 433 g/mol. The first-order valence-electron chi connectivity index (χ1n) is 10.5. The van der Waals surface area contributed by atoms with Crippen LogP contribution in [0.4, 0.5) is 5.69 Å². The van der Waals surface area contributed by atoms with Crippen molar-refractivity contribution in [3.63, 3.8) is 0 Å². The molecule has 2 aliphatic rings. The molecule has 158 valence electrons. The molecule has 1 aliphatic carbocycles. The topological polar surface area (TPSA) is 54.6 Å². The Morgan fingerprint density at radius 1 is 1.03 bits per heavy atom. The maximum atomic E-state index is 12.2. The number of fused-ring (bicyclic) bond motifs is 2. The van der Waals surface area contributed by atoms with Crippen molar-refractivity contribution in [3.05, 3.63) is 70.6 Å². The van der Waals surface area contributed by atoms with Crippen LogP contribution in [0.15, 0.2) is 57.9 Å². The molecule has 0 radical (unpaired) electrons. The zero-order chi connectivity index (χ0) is 22.1. The lowest BCUT2D eigenvalue weighted by Gasteiger charge is -2.19. The monoisotopic (exact) mass is 432 g/mol. The zero-order valence-corrected chi connectivity index (χ0v) is 18.9. The normalized spacial score (nSPS) is 12.0. The minimum Gasteiger partial charge on any atom is -0.456 e. The average Bonchev–Trinajstić information content (AvgIpc) is 2.74. The van der Waals surface area contributed by atoms with Gasteiger partial charge in [-0.3, -0.25) is 9.79 Å². The maximum Gasteiger partial charge on any atom is 0.253 e. The van der Waals surface area contributed by atoms with E-state index in [4.69, 9.17) is 16.0 Å². The Hall–Kier alpha value is -3.11. The van der Waals surface area contributed by atoms with Crippen LogP contribution in [-0.2, 0) is 0 Å². The van der Waals surface area contributed by atoms with Crippen molar-refractivity contribution < 1.29 is 9.21 Å². The van der Waals surface area contributed by atoms with Gasteiger partial charge >= 0.3 is 0 Å². The van der Waals surface area contributed by atoms with Crippen LogP contribution in [0, 0.1) is 13.8 Å². The molecular formula is C26H25ClN2O2. The number of benzene rings is 3. The highest BCUT2D eigenvalue weighted by atomic mass is 35.5. The number of rotatable bonds is 5. The SMILES string of the molecule is CCN=c1cc2oc3cc(NCC)c(C)cc3c(-c3ccccc3C(=O)Cl)c-2cc1C.